The molecule has 1 N–H and O–H groups in total. The summed E-state index contributed by atoms with van der Waals surface area (Å²) in [5.74, 6) is 3.96. The zero-order valence-electron chi connectivity index (χ0n) is 25.0. The minimum Gasteiger partial charge on any atom is -0.491 e. The standard InChI is InChI=1S/C30H39N9O3/c1-6-40-28-23(18-37(4)24(28)19-39-12-10-36(3)11-13-39)21-16-32-27-15-25(21)42-20(2)8-14-41-30-22(17-33-38(30)5)29-31-9-7-26(34-27)35-29/h7,9,15-18,20H,6,8,10-14,19H2,1-5H3,(H,31,32,34,35)/t20-/m0/s1. The van der Waals surface area contributed by atoms with Crippen LogP contribution in [0.5, 0.6) is 17.4 Å². The van der Waals surface area contributed by atoms with E-state index in [0.717, 1.165) is 60.9 Å². The first-order valence-corrected chi connectivity index (χ1v) is 14.5. The lowest BCUT2D eigenvalue weighted by Crippen LogP contribution is -2.44. The lowest BCUT2D eigenvalue weighted by molar-refractivity contribution is 0.144. The van der Waals surface area contributed by atoms with Crippen molar-refractivity contribution in [3.63, 3.8) is 0 Å². The van der Waals surface area contributed by atoms with E-state index in [1.54, 1.807) is 23.1 Å². The molecule has 1 saturated heterocycles. The fraction of sp³-hybridized carbons (Fsp3) is 0.467. The van der Waals surface area contributed by atoms with Crippen LogP contribution < -0.4 is 19.5 Å². The molecule has 4 aromatic heterocycles. The second kappa shape index (κ2) is 12.0. The zero-order chi connectivity index (χ0) is 29.2. The maximum atomic E-state index is 6.59. The SMILES string of the molecule is CCOc1c(-c2cnc3cc2O[C@@H](C)CCOc2c(cnn2C)-c2nccc(n2)N3)cn(C)c1CN1CCN(C)CC1. The Bertz CT molecular complexity index is 1540. The highest BCUT2D eigenvalue weighted by Gasteiger charge is 2.25. The molecule has 1 atom stereocenters. The van der Waals surface area contributed by atoms with Crippen LogP contribution in [-0.4, -0.2) is 91.6 Å². The molecule has 2 aliphatic heterocycles. The quantitative estimate of drug-likeness (QED) is 0.380. The molecule has 42 heavy (non-hydrogen) atoms. The van der Waals surface area contributed by atoms with E-state index in [0.29, 0.717) is 48.7 Å². The van der Waals surface area contributed by atoms with Crippen LogP contribution in [0.4, 0.5) is 11.6 Å². The van der Waals surface area contributed by atoms with Crippen molar-refractivity contribution in [1.82, 2.24) is 39.1 Å². The van der Waals surface area contributed by atoms with Gasteiger partial charge in [0.25, 0.3) is 0 Å². The van der Waals surface area contributed by atoms with Crippen LogP contribution in [0.25, 0.3) is 22.5 Å². The van der Waals surface area contributed by atoms with Gasteiger partial charge in [0.05, 0.1) is 31.2 Å². The maximum Gasteiger partial charge on any atom is 0.222 e. The zero-order valence-corrected chi connectivity index (χ0v) is 25.0. The van der Waals surface area contributed by atoms with Gasteiger partial charge in [-0.15, -0.1) is 0 Å². The largest absolute Gasteiger partial charge is 0.491 e. The van der Waals surface area contributed by atoms with Crippen LogP contribution in [-0.2, 0) is 20.6 Å². The second-order valence-electron chi connectivity index (χ2n) is 11.0. The molecule has 1 fully saturated rings. The summed E-state index contributed by atoms with van der Waals surface area (Å²) in [4.78, 5) is 18.8. The van der Waals surface area contributed by atoms with Gasteiger partial charge in [-0.25, -0.2) is 19.6 Å². The summed E-state index contributed by atoms with van der Waals surface area (Å²) in [6, 6.07) is 3.73. The smallest absolute Gasteiger partial charge is 0.222 e. The van der Waals surface area contributed by atoms with Crippen LogP contribution in [0, 0.1) is 0 Å². The Morgan fingerprint density at radius 2 is 1.86 bits per heavy atom. The van der Waals surface area contributed by atoms with E-state index < -0.39 is 0 Å². The number of hydrogen-bond donors (Lipinski definition) is 1. The average molecular weight is 574 g/mol. The van der Waals surface area contributed by atoms with Gasteiger partial charge in [0, 0.05) is 89.0 Å². The fourth-order valence-electron chi connectivity index (χ4n) is 5.39. The molecule has 0 spiro atoms. The van der Waals surface area contributed by atoms with Crippen LogP contribution in [0.2, 0.25) is 0 Å². The number of nitrogens with one attached hydrogen (secondary N) is 1. The molecule has 0 radical (unpaired) electrons. The molecule has 12 nitrogen and oxygen atoms in total. The lowest BCUT2D eigenvalue weighted by atomic mass is 10.1. The van der Waals surface area contributed by atoms with E-state index in [2.05, 4.69) is 57.0 Å². The van der Waals surface area contributed by atoms with E-state index in [-0.39, 0.29) is 6.10 Å². The summed E-state index contributed by atoms with van der Waals surface area (Å²) in [5.41, 5.74) is 3.72. The summed E-state index contributed by atoms with van der Waals surface area (Å²) >= 11 is 0. The van der Waals surface area contributed by atoms with Crippen molar-refractivity contribution in [2.24, 2.45) is 14.1 Å². The van der Waals surface area contributed by atoms with Gasteiger partial charge in [-0.2, -0.15) is 5.10 Å². The number of aryl methyl sites for hydroxylation is 2. The number of rotatable bonds is 5. The molecule has 222 valence electrons. The van der Waals surface area contributed by atoms with Crippen LogP contribution in [0.1, 0.15) is 26.0 Å². The van der Waals surface area contributed by atoms with Crippen LogP contribution >= 0.6 is 0 Å². The first kappa shape index (κ1) is 28.0. The van der Waals surface area contributed by atoms with E-state index in [4.69, 9.17) is 24.2 Å². The molecular formula is C30H39N9O3. The van der Waals surface area contributed by atoms with Crippen molar-refractivity contribution in [2.75, 3.05) is 51.8 Å². The number of nitrogens with zero attached hydrogens (tertiary/aromatic N) is 8. The van der Waals surface area contributed by atoms with Crippen molar-refractivity contribution >= 4 is 11.6 Å². The number of anilines is 2. The molecule has 0 aliphatic carbocycles. The molecule has 0 unspecified atom stereocenters. The minimum atomic E-state index is -0.128. The Hall–Kier alpha value is -4.16. The third-order valence-electron chi connectivity index (χ3n) is 7.80. The van der Waals surface area contributed by atoms with Gasteiger partial charge < -0.3 is 29.0 Å². The lowest BCUT2D eigenvalue weighted by Gasteiger charge is -2.32. The number of ether oxygens (including phenoxy) is 3. The molecule has 6 heterocycles. The Morgan fingerprint density at radius 1 is 1.02 bits per heavy atom. The molecule has 0 saturated carbocycles. The number of fused-ring (bicyclic) bond motifs is 6. The first-order chi connectivity index (χ1) is 20.4. The van der Waals surface area contributed by atoms with E-state index in [1.165, 1.54) is 0 Å². The second-order valence-corrected chi connectivity index (χ2v) is 11.0. The fourth-order valence-corrected chi connectivity index (χ4v) is 5.39. The predicted octanol–water partition coefficient (Wildman–Crippen LogP) is 3.72. The third kappa shape index (κ3) is 5.77. The van der Waals surface area contributed by atoms with Crippen molar-refractivity contribution in [2.45, 2.75) is 32.9 Å². The number of hydrogen-bond acceptors (Lipinski definition) is 10. The van der Waals surface area contributed by atoms with Crippen molar-refractivity contribution in [3.05, 3.63) is 42.6 Å². The van der Waals surface area contributed by atoms with Gasteiger partial charge in [0.2, 0.25) is 5.88 Å². The molecule has 4 aromatic rings. The van der Waals surface area contributed by atoms with Crippen LogP contribution in [0.15, 0.2) is 36.9 Å². The topological polar surface area (TPSA) is 108 Å². The number of piperazine rings is 1. The van der Waals surface area contributed by atoms with Gasteiger partial charge in [-0.3, -0.25) is 4.90 Å². The van der Waals surface area contributed by atoms with Gasteiger partial charge in [0.1, 0.15) is 28.7 Å². The highest BCUT2D eigenvalue weighted by molar-refractivity contribution is 5.78. The summed E-state index contributed by atoms with van der Waals surface area (Å²) in [6.45, 7) is 10.1. The van der Waals surface area contributed by atoms with Gasteiger partial charge in [-0.05, 0) is 27.0 Å². The van der Waals surface area contributed by atoms with Crippen molar-refractivity contribution in [1.29, 1.82) is 0 Å². The molecule has 12 heteroatoms. The molecule has 6 rings (SSSR count). The van der Waals surface area contributed by atoms with Crippen molar-refractivity contribution < 1.29 is 14.2 Å². The number of aromatic nitrogens is 6. The average Bonchev–Trinajstić information content (AvgIpc) is 3.49. The van der Waals surface area contributed by atoms with E-state index >= 15 is 0 Å². The molecule has 2 aliphatic rings. The Balaban J connectivity index is 1.37. The normalized spacial score (nSPS) is 17.9. The Kier molecular flexibility index (Phi) is 7.98. The predicted molar refractivity (Wildman–Crippen MR) is 160 cm³/mol. The molecule has 0 aromatic carbocycles. The summed E-state index contributed by atoms with van der Waals surface area (Å²) in [7, 11) is 6.10. The summed E-state index contributed by atoms with van der Waals surface area (Å²) < 4.78 is 22.9. The molecule has 4 bridgehead atoms. The van der Waals surface area contributed by atoms with Crippen LogP contribution in [0.3, 0.4) is 0 Å². The molecular weight excluding hydrogens is 534 g/mol. The van der Waals surface area contributed by atoms with Gasteiger partial charge in [-0.1, -0.05) is 0 Å². The maximum absolute atomic E-state index is 6.59. The Morgan fingerprint density at radius 3 is 2.67 bits per heavy atom. The monoisotopic (exact) mass is 573 g/mol. The number of likely N-dealkylation sites (N-methyl/N-ethyl adjacent to an activating group) is 1. The first-order valence-electron chi connectivity index (χ1n) is 14.5. The highest BCUT2D eigenvalue weighted by Crippen LogP contribution is 2.41. The van der Waals surface area contributed by atoms with E-state index in [9.17, 15) is 0 Å². The minimum absolute atomic E-state index is 0.128. The highest BCUT2D eigenvalue weighted by atomic mass is 16.5. The van der Waals surface area contributed by atoms with Crippen molar-refractivity contribution in [3.8, 4) is 39.9 Å². The number of pyridine rings is 1. The third-order valence-corrected chi connectivity index (χ3v) is 7.80. The van der Waals surface area contributed by atoms with Gasteiger partial charge in [0.15, 0.2) is 5.82 Å². The Labute approximate surface area is 246 Å². The summed E-state index contributed by atoms with van der Waals surface area (Å²) in [5, 5.41) is 7.69. The summed E-state index contributed by atoms with van der Waals surface area (Å²) in [6.07, 6.45) is 7.95. The van der Waals surface area contributed by atoms with Gasteiger partial charge >= 0.3 is 0 Å². The van der Waals surface area contributed by atoms with E-state index in [1.807, 2.05) is 26.2 Å². The molecule has 0 amide bonds.